The number of aryl methyl sites for hydroxylation is 3. The molecule has 3 rings (SSSR count). The Kier molecular flexibility index (Phi) is 7.52. The predicted molar refractivity (Wildman–Crippen MR) is 132 cm³/mol. The molecule has 0 atom stereocenters. The van der Waals surface area contributed by atoms with E-state index in [2.05, 4.69) is 9.62 Å². The van der Waals surface area contributed by atoms with E-state index in [-0.39, 0.29) is 22.1 Å². The maximum absolute atomic E-state index is 13.1. The van der Waals surface area contributed by atoms with Crippen molar-refractivity contribution in [3.63, 3.8) is 0 Å². The highest BCUT2D eigenvalue weighted by molar-refractivity contribution is 7.92. The van der Waals surface area contributed by atoms with Crippen LogP contribution in [-0.2, 0) is 14.8 Å². The monoisotopic (exact) mass is 488 g/mol. The molecule has 1 amide bonds. The third kappa shape index (κ3) is 5.68. The van der Waals surface area contributed by atoms with Gasteiger partial charge in [0.2, 0.25) is 5.91 Å². The second kappa shape index (κ2) is 10.0. The summed E-state index contributed by atoms with van der Waals surface area (Å²) in [5.41, 5.74) is 3.01. The number of likely N-dealkylation sites (N-methyl/N-ethyl adjacent to an activating group) is 1. The van der Waals surface area contributed by atoms with Crippen LogP contribution >= 0.6 is 0 Å². The smallest absolute Gasteiger partial charge is 0.337 e. The fourth-order valence-electron chi connectivity index (χ4n) is 3.92. The lowest BCUT2D eigenvalue weighted by molar-refractivity contribution is -0.129. The highest BCUT2D eigenvalue weighted by Crippen LogP contribution is 2.28. The zero-order chi connectivity index (χ0) is 25.2. The Bertz CT molecular complexity index is 1200. The van der Waals surface area contributed by atoms with Crippen LogP contribution < -0.4 is 9.62 Å². The van der Waals surface area contributed by atoms with Crippen LogP contribution in [0.3, 0.4) is 0 Å². The molecule has 2 aromatic carbocycles. The minimum Gasteiger partial charge on any atom is -0.478 e. The number of anilines is 2. The zero-order valence-corrected chi connectivity index (χ0v) is 21.1. The second-order valence-corrected chi connectivity index (χ2v) is 10.5. The number of carboxylic acids is 1. The first-order valence-corrected chi connectivity index (χ1v) is 12.5. The van der Waals surface area contributed by atoms with Crippen molar-refractivity contribution in [1.82, 2.24) is 9.80 Å². The van der Waals surface area contributed by atoms with Crippen LogP contribution in [0.2, 0.25) is 0 Å². The number of hydrogen-bond donors (Lipinski definition) is 2. The van der Waals surface area contributed by atoms with Crippen molar-refractivity contribution in [3.8, 4) is 0 Å². The van der Waals surface area contributed by atoms with Crippen molar-refractivity contribution in [2.24, 2.45) is 0 Å². The van der Waals surface area contributed by atoms with E-state index in [1.54, 1.807) is 44.1 Å². The van der Waals surface area contributed by atoms with E-state index in [4.69, 9.17) is 0 Å². The number of amides is 1. The molecule has 0 aliphatic carbocycles. The van der Waals surface area contributed by atoms with Crippen molar-refractivity contribution in [1.29, 1.82) is 0 Å². The average molecular weight is 489 g/mol. The number of nitrogens with one attached hydrogen (secondary N) is 1. The Morgan fingerprint density at radius 3 is 2.18 bits per heavy atom. The van der Waals surface area contributed by atoms with E-state index in [0.29, 0.717) is 44.0 Å². The molecule has 0 radical (unpaired) electrons. The molecule has 2 N–H and O–H groups in total. The van der Waals surface area contributed by atoms with Gasteiger partial charge in [-0.05, 0) is 61.7 Å². The summed E-state index contributed by atoms with van der Waals surface area (Å²) < 4.78 is 28.6. The maximum Gasteiger partial charge on any atom is 0.337 e. The van der Waals surface area contributed by atoms with Crippen molar-refractivity contribution in [3.05, 3.63) is 52.6 Å². The van der Waals surface area contributed by atoms with Gasteiger partial charge >= 0.3 is 5.97 Å². The number of carbonyl (C=O) groups is 2. The molecule has 10 heteroatoms. The molecule has 34 heavy (non-hydrogen) atoms. The summed E-state index contributed by atoms with van der Waals surface area (Å²) in [6, 6.07) is 8.11. The van der Waals surface area contributed by atoms with Gasteiger partial charge in [0, 0.05) is 46.0 Å². The van der Waals surface area contributed by atoms with Gasteiger partial charge < -0.3 is 14.9 Å². The number of carbonyl (C=O) groups excluding carboxylic acids is 1. The molecule has 1 saturated heterocycles. The number of sulfonamides is 1. The Balaban J connectivity index is 1.80. The molecule has 0 aromatic heterocycles. The van der Waals surface area contributed by atoms with Crippen LogP contribution in [0.1, 0.15) is 27.0 Å². The quantitative estimate of drug-likeness (QED) is 0.615. The van der Waals surface area contributed by atoms with Gasteiger partial charge in [-0.15, -0.1) is 0 Å². The zero-order valence-electron chi connectivity index (χ0n) is 20.3. The number of hydrogen-bond acceptors (Lipinski definition) is 6. The topological polar surface area (TPSA) is 110 Å². The van der Waals surface area contributed by atoms with E-state index in [9.17, 15) is 23.1 Å². The van der Waals surface area contributed by atoms with Gasteiger partial charge in [0.25, 0.3) is 10.0 Å². The van der Waals surface area contributed by atoms with Crippen LogP contribution in [0.5, 0.6) is 0 Å². The summed E-state index contributed by atoms with van der Waals surface area (Å²) in [7, 11) is -0.522. The molecule has 1 aliphatic rings. The van der Waals surface area contributed by atoms with E-state index in [1.807, 2.05) is 18.7 Å². The number of carboxylic acid groups (broad SMARTS) is 1. The standard InChI is InChI=1S/C24H32N4O5S/c1-16-12-18(3)22(13-17(16)2)34(32,33)25-21-7-6-19(14-20(21)24(30)31)28-10-8-27(9-11-28)15-23(29)26(4)5/h6-7,12-14,25H,8-11,15H2,1-5H3,(H,30,31). The highest BCUT2D eigenvalue weighted by Gasteiger charge is 2.24. The van der Waals surface area contributed by atoms with Crippen LogP contribution in [0.4, 0.5) is 11.4 Å². The summed E-state index contributed by atoms with van der Waals surface area (Å²) in [6.07, 6.45) is 0. The molecular formula is C24H32N4O5S. The average Bonchev–Trinajstić information content (AvgIpc) is 2.76. The summed E-state index contributed by atoms with van der Waals surface area (Å²) in [5, 5.41) is 9.78. The van der Waals surface area contributed by atoms with Crippen molar-refractivity contribution >= 4 is 33.3 Å². The van der Waals surface area contributed by atoms with Gasteiger partial charge in [-0.1, -0.05) is 6.07 Å². The number of rotatable bonds is 7. The van der Waals surface area contributed by atoms with Gasteiger partial charge in [-0.25, -0.2) is 13.2 Å². The SMILES string of the molecule is Cc1cc(C)c(S(=O)(=O)Nc2ccc(N3CCN(CC(=O)N(C)C)CC3)cc2C(=O)O)cc1C. The molecule has 0 unspecified atom stereocenters. The van der Waals surface area contributed by atoms with Gasteiger partial charge in [0.15, 0.2) is 0 Å². The summed E-state index contributed by atoms with van der Waals surface area (Å²) in [6.45, 7) is 8.41. The minimum atomic E-state index is -3.97. The molecular weight excluding hydrogens is 456 g/mol. The number of piperazine rings is 1. The van der Waals surface area contributed by atoms with E-state index in [1.165, 1.54) is 12.1 Å². The van der Waals surface area contributed by atoms with Gasteiger partial charge in [0.1, 0.15) is 0 Å². The lowest BCUT2D eigenvalue weighted by Gasteiger charge is -2.36. The Morgan fingerprint density at radius 1 is 0.971 bits per heavy atom. The largest absolute Gasteiger partial charge is 0.478 e. The predicted octanol–water partition coefficient (Wildman–Crippen LogP) is 2.32. The van der Waals surface area contributed by atoms with E-state index in [0.717, 1.165) is 11.1 Å². The van der Waals surface area contributed by atoms with E-state index < -0.39 is 16.0 Å². The number of nitrogens with zero attached hydrogens (tertiary/aromatic N) is 3. The summed E-state index contributed by atoms with van der Waals surface area (Å²) in [4.78, 5) is 29.7. The molecule has 1 fully saturated rings. The van der Waals surface area contributed by atoms with Gasteiger partial charge in [-0.3, -0.25) is 14.4 Å². The fourth-order valence-corrected chi connectivity index (χ4v) is 5.31. The first-order valence-electron chi connectivity index (χ1n) is 11.0. The van der Waals surface area contributed by atoms with Crippen LogP contribution in [0.25, 0.3) is 0 Å². The van der Waals surface area contributed by atoms with Crippen LogP contribution in [0, 0.1) is 20.8 Å². The normalized spacial score (nSPS) is 14.7. The minimum absolute atomic E-state index is 0.0177. The van der Waals surface area contributed by atoms with Gasteiger partial charge in [0.05, 0.1) is 22.7 Å². The molecule has 1 aliphatic heterocycles. The lowest BCUT2D eigenvalue weighted by atomic mass is 10.1. The lowest BCUT2D eigenvalue weighted by Crippen LogP contribution is -2.49. The molecule has 9 nitrogen and oxygen atoms in total. The molecule has 2 aromatic rings. The van der Waals surface area contributed by atoms with Gasteiger partial charge in [-0.2, -0.15) is 0 Å². The van der Waals surface area contributed by atoms with E-state index >= 15 is 0 Å². The van der Waals surface area contributed by atoms with Crippen molar-refractivity contribution in [2.45, 2.75) is 25.7 Å². The third-order valence-corrected chi connectivity index (χ3v) is 7.66. The molecule has 0 spiro atoms. The van der Waals surface area contributed by atoms with Crippen LogP contribution in [-0.4, -0.2) is 82.0 Å². The summed E-state index contributed by atoms with van der Waals surface area (Å²) >= 11 is 0. The first-order chi connectivity index (χ1) is 15.9. The molecule has 184 valence electrons. The van der Waals surface area contributed by atoms with Crippen molar-refractivity contribution < 1.29 is 23.1 Å². The molecule has 1 heterocycles. The second-order valence-electron chi connectivity index (χ2n) is 8.89. The third-order valence-electron chi connectivity index (χ3n) is 6.15. The fraction of sp³-hybridized carbons (Fsp3) is 0.417. The number of aromatic carboxylic acids is 1. The Labute approximate surface area is 201 Å². The summed E-state index contributed by atoms with van der Waals surface area (Å²) in [5.74, 6) is -1.18. The molecule has 0 bridgehead atoms. The Morgan fingerprint density at radius 2 is 1.59 bits per heavy atom. The first kappa shape index (κ1) is 25.5. The maximum atomic E-state index is 13.1. The van der Waals surface area contributed by atoms with Crippen LogP contribution in [0.15, 0.2) is 35.2 Å². The molecule has 0 saturated carbocycles. The number of benzene rings is 2. The Hall–Kier alpha value is -3.11. The highest BCUT2D eigenvalue weighted by atomic mass is 32.2. The van der Waals surface area contributed by atoms with Crippen molar-refractivity contribution in [2.75, 3.05) is 56.4 Å².